The highest BCUT2D eigenvalue weighted by Gasteiger charge is 2.27. The molecule has 0 saturated carbocycles. The van der Waals surface area contributed by atoms with Crippen molar-refractivity contribution < 1.29 is 14.3 Å². The molecule has 1 amide bonds. The number of rotatable bonds is 5. The van der Waals surface area contributed by atoms with Gasteiger partial charge in [-0.25, -0.2) is 0 Å². The lowest BCUT2D eigenvalue weighted by Crippen LogP contribution is -2.42. The van der Waals surface area contributed by atoms with Gasteiger partial charge in [-0.15, -0.1) is 10.2 Å². The summed E-state index contributed by atoms with van der Waals surface area (Å²) in [7, 11) is 1.64. The number of aryl methyl sites for hydroxylation is 1. The third-order valence-corrected chi connectivity index (χ3v) is 4.46. The van der Waals surface area contributed by atoms with Gasteiger partial charge in [-0.3, -0.25) is 4.79 Å². The molecule has 7 nitrogen and oxygen atoms in total. The molecule has 3 rings (SSSR count). The molecule has 2 heterocycles. The lowest BCUT2D eigenvalue weighted by atomic mass is 10.2. The van der Waals surface area contributed by atoms with Crippen molar-refractivity contribution in [2.24, 2.45) is 0 Å². The van der Waals surface area contributed by atoms with Crippen LogP contribution in [-0.2, 0) is 29.1 Å². The maximum absolute atomic E-state index is 12.6. The van der Waals surface area contributed by atoms with Crippen molar-refractivity contribution in [2.75, 3.05) is 20.3 Å². The van der Waals surface area contributed by atoms with E-state index in [1.165, 1.54) is 0 Å². The molecule has 7 heteroatoms. The molecule has 0 N–H and O–H groups in total. The Labute approximate surface area is 147 Å². The third kappa shape index (κ3) is 3.99. The summed E-state index contributed by atoms with van der Waals surface area (Å²) < 4.78 is 12.9. The number of carbonyl (C=O) groups excluding carboxylic acids is 1. The van der Waals surface area contributed by atoms with Crippen molar-refractivity contribution in [2.45, 2.75) is 39.5 Å². The first kappa shape index (κ1) is 17.4. The van der Waals surface area contributed by atoms with Gasteiger partial charge in [0.25, 0.3) is 5.91 Å². The second-order valence-corrected chi connectivity index (χ2v) is 6.36. The van der Waals surface area contributed by atoms with E-state index in [0.29, 0.717) is 31.9 Å². The standard InChI is InChI=1S/C18H24N4O3/c1-13-4-6-15(7-5-13)25-12-18(23)21-8-9-22-16(10-14(21)2)19-20-17(22)11-24-3/h4-7,14H,8-12H2,1-3H3. The third-order valence-electron chi connectivity index (χ3n) is 4.46. The minimum atomic E-state index is -0.0138. The van der Waals surface area contributed by atoms with Crippen LogP contribution >= 0.6 is 0 Å². The Bertz CT molecular complexity index is 726. The summed E-state index contributed by atoms with van der Waals surface area (Å²) in [5.41, 5.74) is 1.16. The molecule has 2 aromatic rings. The van der Waals surface area contributed by atoms with Crippen molar-refractivity contribution in [1.82, 2.24) is 19.7 Å². The van der Waals surface area contributed by atoms with Gasteiger partial charge < -0.3 is 18.9 Å². The van der Waals surface area contributed by atoms with Gasteiger partial charge in [0.2, 0.25) is 0 Å². The van der Waals surface area contributed by atoms with Gasteiger partial charge in [0.05, 0.1) is 0 Å². The zero-order valence-corrected chi connectivity index (χ0v) is 14.9. The van der Waals surface area contributed by atoms with Crippen LogP contribution in [0.3, 0.4) is 0 Å². The van der Waals surface area contributed by atoms with Gasteiger partial charge >= 0.3 is 0 Å². The highest BCUT2D eigenvalue weighted by atomic mass is 16.5. The molecule has 0 saturated heterocycles. The first-order chi connectivity index (χ1) is 12.1. The molecular weight excluding hydrogens is 320 g/mol. The number of amides is 1. The smallest absolute Gasteiger partial charge is 0.260 e. The van der Waals surface area contributed by atoms with Crippen molar-refractivity contribution >= 4 is 5.91 Å². The van der Waals surface area contributed by atoms with Crippen LogP contribution in [0.4, 0.5) is 0 Å². The predicted octanol–water partition coefficient (Wildman–Crippen LogP) is 1.59. The second-order valence-electron chi connectivity index (χ2n) is 6.36. The van der Waals surface area contributed by atoms with Crippen LogP contribution in [0.15, 0.2) is 24.3 Å². The Morgan fingerprint density at radius 1 is 1.24 bits per heavy atom. The van der Waals surface area contributed by atoms with Crippen LogP contribution in [-0.4, -0.2) is 51.9 Å². The van der Waals surface area contributed by atoms with E-state index in [0.717, 1.165) is 17.2 Å². The number of methoxy groups -OCH3 is 1. The summed E-state index contributed by atoms with van der Waals surface area (Å²) in [5.74, 6) is 2.39. The maximum Gasteiger partial charge on any atom is 0.260 e. The van der Waals surface area contributed by atoms with Crippen molar-refractivity contribution in [3.05, 3.63) is 41.5 Å². The number of hydrogen-bond donors (Lipinski definition) is 0. The van der Waals surface area contributed by atoms with E-state index in [1.807, 2.05) is 47.6 Å². The Morgan fingerprint density at radius 2 is 2.00 bits per heavy atom. The van der Waals surface area contributed by atoms with Gasteiger partial charge in [0.15, 0.2) is 12.4 Å². The van der Waals surface area contributed by atoms with E-state index in [4.69, 9.17) is 9.47 Å². The summed E-state index contributed by atoms with van der Waals surface area (Å²) >= 11 is 0. The van der Waals surface area contributed by atoms with Crippen LogP contribution in [0.2, 0.25) is 0 Å². The van der Waals surface area contributed by atoms with Crippen LogP contribution in [0, 0.1) is 6.92 Å². The number of nitrogens with zero attached hydrogens (tertiary/aromatic N) is 4. The average Bonchev–Trinajstić information content (AvgIpc) is 2.88. The lowest BCUT2D eigenvalue weighted by molar-refractivity contribution is -0.135. The molecule has 1 atom stereocenters. The van der Waals surface area contributed by atoms with E-state index in [9.17, 15) is 4.79 Å². The van der Waals surface area contributed by atoms with E-state index < -0.39 is 0 Å². The van der Waals surface area contributed by atoms with Gasteiger partial charge in [-0.1, -0.05) is 17.7 Å². The highest BCUT2D eigenvalue weighted by Crippen LogP contribution is 2.16. The SMILES string of the molecule is COCc1nnc2n1CCN(C(=O)COc1ccc(C)cc1)C(C)C2. The summed E-state index contributed by atoms with van der Waals surface area (Å²) in [4.78, 5) is 14.5. The Balaban J connectivity index is 1.62. The monoisotopic (exact) mass is 344 g/mol. The van der Waals surface area contributed by atoms with Gasteiger partial charge in [0, 0.05) is 32.7 Å². The zero-order valence-electron chi connectivity index (χ0n) is 14.9. The number of fused-ring (bicyclic) bond motifs is 1. The Kier molecular flexibility index (Phi) is 5.33. The van der Waals surface area contributed by atoms with Gasteiger partial charge in [0.1, 0.15) is 18.2 Å². The van der Waals surface area contributed by atoms with Crippen molar-refractivity contribution in [3.8, 4) is 5.75 Å². The fourth-order valence-corrected chi connectivity index (χ4v) is 3.05. The van der Waals surface area contributed by atoms with Gasteiger partial charge in [-0.2, -0.15) is 0 Å². The van der Waals surface area contributed by atoms with Crippen LogP contribution in [0.5, 0.6) is 5.75 Å². The Morgan fingerprint density at radius 3 is 2.72 bits per heavy atom. The van der Waals surface area contributed by atoms with E-state index in [-0.39, 0.29) is 18.6 Å². The molecule has 1 aliphatic heterocycles. The van der Waals surface area contributed by atoms with E-state index in [2.05, 4.69) is 10.2 Å². The van der Waals surface area contributed by atoms with Crippen LogP contribution in [0.1, 0.15) is 24.1 Å². The normalized spacial score (nSPS) is 17.1. The first-order valence-corrected chi connectivity index (χ1v) is 8.47. The predicted molar refractivity (Wildman–Crippen MR) is 92.3 cm³/mol. The highest BCUT2D eigenvalue weighted by molar-refractivity contribution is 5.78. The summed E-state index contributed by atoms with van der Waals surface area (Å²) in [5, 5.41) is 8.42. The molecular formula is C18H24N4O3. The minimum Gasteiger partial charge on any atom is -0.484 e. The van der Waals surface area contributed by atoms with Crippen molar-refractivity contribution in [1.29, 1.82) is 0 Å². The van der Waals surface area contributed by atoms with Gasteiger partial charge in [-0.05, 0) is 26.0 Å². The molecule has 1 unspecified atom stereocenters. The molecule has 0 radical (unpaired) electrons. The number of ether oxygens (including phenoxy) is 2. The topological polar surface area (TPSA) is 69.5 Å². The number of hydrogen-bond acceptors (Lipinski definition) is 5. The fraction of sp³-hybridized carbons (Fsp3) is 0.500. The molecule has 0 spiro atoms. The molecule has 134 valence electrons. The summed E-state index contributed by atoms with van der Waals surface area (Å²) in [6.07, 6.45) is 0.674. The van der Waals surface area contributed by atoms with E-state index >= 15 is 0 Å². The fourth-order valence-electron chi connectivity index (χ4n) is 3.05. The molecule has 0 aliphatic carbocycles. The molecule has 25 heavy (non-hydrogen) atoms. The molecule has 1 aromatic carbocycles. The number of carbonyl (C=O) groups is 1. The first-order valence-electron chi connectivity index (χ1n) is 8.47. The molecule has 0 fully saturated rings. The average molecular weight is 344 g/mol. The van der Waals surface area contributed by atoms with E-state index in [1.54, 1.807) is 7.11 Å². The van der Waals surface area contributed by atoms with Crippen LogP contribution in [0.25, 0.3) is 0 Å². The zero-order chi connectivity index (χ0) is 17.8. The largest absolute Gasteiger partial charge is 0.484 e. The minimum absolute atomic E-state index is 0.0138. The Hall–Kier alpha value is -2.41. The molecule has 0 bridgehead atoms. The molecule has 1 aliphatic rings. The maximum atomic E-state index is 12.6. The summed E-state index contributed by atoms with van der Waals surface area (Å²) in [6.45, 7) is 5.79. The summed E-state index contributed by atoms with van der Waals surface area (Å²) in [6, 6.07) is 7.75. The molecule has 1 aromatic heterocycles. The van der Waals surface area contributed by atoms with Crippen LogP contribution < -0.4 is 4.74 Å². The quantitative estimate of drug-likeness (QED) is 0.824. The lowest BCUT2D eigenvalue weighted by Gasteiger charge is -2.26. The number of aromatic nitrogens is 3. The van der Waals surface area contributed by atoms with Crippen molar-refractivity contribution in [3.63, 3.8) is 0 Å². The number of benzene rings is 1. The second kappa shape index (κ2) is 7.65.